The van der Waals surface area contributed by atoms with Gasteiger partial charge in [0.15, 0.2) is 4.34 Å². The number of aromatic nitrogens is 3. The third-order valence-corrected chi connectivity index (χ3v) is 5.02. The van der Waals surface area contributed by atoms with Gasteiger partial charge in [0, 0.05) is 24.3 Å². The largest absolute Gasteiger partial charge is 0.347 e. The van der Waals surface area contributed by atoms with Gasteiger partial charge < -0.3 is 5.32 Å². The van der Waals surface area contributed by atoms with E-state index in [0.717, 1.165) is 22.1 Å². The van der Waals surface area contributed by atoms with Crippen LogP contribution in [0.25, 0.3) is 0 Å². The van der Waals surface area contributed by atoms with Crippen LogP contribution >= 0.6 is 23.1 Å². The first-order valence-corrected chi connectivity index (χ1v) is 8.29. The Kier molecular flexibility index (Phi) is 5.19. The molecule has 2 aromatic heterocycles. The Morgan fingerprint density at radius 1 is 1.60 bits per heavy atom. The molecule has 2 aromatic rings. The molecule has 0 saturated heterocycles. The molecular weight excluding hydrogens is 292 g/mol. The SMILES string of the molecule is CC[C@H](NC(=O)CSc1nc(C)cs1)c1ccnn1C. The number of rotatable bonds is 6. The fourth-order valence-corrected chi connectivity index (χ4v) is 3.53. The number of thiazole rings is 1. The van der Waals surface area contributed by atoms with Crippen molar-refractivity contribution >= 4 is 29.0 Å². The molecule has 0 saturated carbocycles. The van der Waals surface area contributed by atoms with Crippen LogP contribution < -0.4 is 5.32 Å². The highest BCUT2D eigenvalue weighted by molar-refractivity contribution is 8.01. The number of thioether (sulfide) groups is 1. The molecule has 2 rings (SSSR count). The quantitative estimate of drug-likeness (QED) is 0.833. The third kappa shape index (κ3) is 3.83. The Labute approximate surface area is 126 Å². The fraction of sp³-hybridized carbons (Fsp3) is 0.462. The maximum Gasteiger partial charge on any atom is 0.230 e. The molecule has 0 bridgehead atoms. The lowest BCUT2D eigenvalue weighted by Gasteiger charge is -2.17. The van der Waals surface area contributed by atoms with Crippen molar-refractivity contribution in [1.82, 2.24) is 20.1 Å². The van der Waals surface area contributed by atoms with Gasteiger partial charge in [-0.1, -0.05) is 18.7 Å². The number of nitrogens with one attached hydrogen (secondary N) is 1. The van der Waals surface area contributed by atoms with E-state index < -0.39 is 0 Å². The van der Waals surface area contributed by atoms with Gasteiger partial charge in [0.05, 0.1) is 17.5 Å². The smallest absolute Gasteiger partial charge is 0.230 e. The number of hydrogen-bond donors (Lipinski definition) is 1. The standard InChI is InChI=1S/C13H18N4OS2/c1-4-10(11-5-6-14-17(11)3)16-12(18)8-20-13-15-9(2)7-19-13/h5-7,10H,4,8H2,1-3H3,(H,16,18)/t10-/m0/s1. The van der Waals surface area contributed by atoms with Crippen LogP contribution in [0.3, 0.4) is 0 Å². The van der Waals surface area contributed by atoms with E-state index in [-0.39, 0.29) is 11.9 Å². The van der Waals surface area contributed by atoms with E-state index in [1.165, 1.54) is 11.8 Å². The highest BCUT2D eigenvalue weighted by atomic mass is 32.2. The summed E-state index contributed by atoms with van der Waals surface area (Å²) in [7, 11) is 1.89. The topological polar surface area (TPSA) is 59.8 Å². The van der Waals surface area contributed by atoms with Gasteiger partial charge in [-0.05, 0) is 19.4 Å². The van der Waals surface area contributed by atoms with Crippen LogP contribution in [0.1, 0.15) is 30.8 Å². The van der Waals surface area contributed by atoms with E-state index in [1.54, 1.807) is 22.2 Å². The molecule has 1 atom stereocenters. The summed E-state index contributed by atoms with van der Waals surface area (Å²) in [6.45, 7) is 4.01. The van der Waals surface area contributed by atoms with Crippen LogP contribution in [0.15, 0.2) is 22.0 Å². The van der Waals surface area contributed by atoms with E-state index in [1.807, 2.05) is 25.4 Å². The predicted molar refractivity (Wildman–Crippen MR) is 82.0 cm³/mol. The lowest BCUT2D eigenvalue weighted by Crippen LogP contribution is -2.30. The average molecular weight is 310 g/mol. The van der Waals surface area contributed by atoms with Crippen molar-refractivity contribution < 1.29 is 4.79 Å². The van der Waals surface area contributed by atoms with Gasteiger partial charge in [0.2, 0.25) is 5.91 Å². The summed E-state index contributed by atoms with van der Waals surface area (Å²) < 4.78 is 2.73. The summed E-state index contributed by atoms with van der Waals surface area (Å²) in [5.41, 5.74) is 2.02. The molecule has 0 aliphatic heterocycles. The van der Waals surface area contributed by atoms with Crippen molar-refractivity contribution in [1.29, 1.82) is 0 Å². The number of carbonyl (C=O) groups is 1. The molecule has 1 amide bonds. The lowest BCUT2D eigenvalue weighted by molar-refractivity contribution is -0.119. The Bertz CT molecular complexity index is 578. The maximum atomic E-state index is 12.0. The van der Waals surface area contributed by atoms with Gasteiger partial charge in [-0.2, -0.15) is 5.10 Å². The molecular formula is C13H18N4OS2. The molecule has 0 aromatic carbocycles. The van der Waals surface area contributed by atoms with Crippen molar-refractivity contribution in [2.75, 3.05) is 5.75 Å². The molecule has 7 heteroatoms. The van der Waals surface area contributed by atoms with E-state index in [2.05, 4.69) is 22.3 Å². The van der Waals surface area contributed by atoms with Crippen molar-refractivity contribution in [2.45, 2.75) is 30.6 Å². The molecule has 1 N–H and O–H groups in total. The molecule has 0 aliphatic rings. The number of nitrogens with zero attached hydrogens (tertiary/aromatic N) is 3. The molecule has 0 spiro atoms. The fourth-order valence-electron chi connectivity index (χ4n) is 1.87. The Hall–Kier alpha value is -1.34. The molecule has 0 unspecified atom stereocenters. The van der Waals surface area contributed by atoms with Crippen LogP contribution in [0.5, 0.6) is 0 Å². The van der Waals surface area contributed by atoms with Crippen LogP contribution in [-0.2, 0) is 11.8 Å². The number of aryl methyl sites for hydroxylation is 2. The summed E-state index contributed by atoms with van der Waals surface area (Å²) in [6.07, 6.45) is 2.59. The second-order valence-corrected chi connectivity index (χ2v) is 6.53. The van der Waals surface area contributed by atoms with E-state index in [4.69, 9.17) is 0 Å². The first-order chi connectivity index (χ1) is 9.60. The minimum Gasteiger partial charge on any atom is -0.347 e. The number of hydrogen-bond acceptors (Lipinski definition) is 5. The molecule has 0 fully saturated rings. The van der Waals surface area contributed by atoms with E-state index >= 15 is 0 Å². The highest BCUT2D eigenvalue weighted by Gasteiger charge is 2.16. The Balaban J connectivity index is 1.88. The first-order valence-electron chi connectivity index (χ1n) is 6.42. The molecule has 2 heterocycles. The summed E-state index contributed by atoms with van der Waals surface area (Å²) in [4.78, 5) is 16.3. The summed E-state index contributed by atoms with van der Waals surface area (Å²) in [6, 6.07) is 1.94. The molecule has 0 radical (unpaired) electrons. The van der Waals surface area contributed by atoms with E-state index in [0.29, 0.717) is 5.75 Å². The number of amides is 1. The van der Waals surface area contributed by atoms with Crippen molar-refractivity contribution in [3.63, 3.8) is 0 Å². The lowest BCUT2D eigenvalue weighted by atomic mass is 10.1. The maximum absolute atomic E-state index is 12.0. The van der Waals surface area contributed by atoms with Gasteiger partial charge in [0.1, 0.15) is 0 Å². The van der Waals surface area contributed by atoms with Gasteiger partial charge in [-0.25, -0.2) is 4.98 Å². The Morgan fingerprint density at radius 3 is 2.95 bits per heavy atom. The Morgan fingerprint density at radius 2 is 2.40 bits per heavy atom. The van der Waals surface area contributed by atoms with Crippen LogP contribution in [0.2, 0.25) is 0 Å². The summed E-state index contributed by atoms with van der Waals surface area (Å²) in [5.74, 6) is 0.414. The van der Waals surface area contributed by atoms with Crippen molar-refractivity contribution in [3.05, 3.63) is 29.0 Å². The summed E-state index contributed by atoms with van der Waals surface area (Å²) >= 11 is 3.05. The van der Waals surface area contributed by atoms with Crippen LogP contribution in [0.4, 0.5) is 0 Å². The zero-order valence-corrected chi connectivity index (χ0v) is 13.4. The second kappa shape index (κ2) is 6.90. The second-order valence-electron chi connectivity index (χ2n) is 4.45. The van der Waals surface area contributed by atoms with Gasteiger partial charge in [-0.3, -0.25) is 9.48 Å². The molecule has 108 valence electrons. The monoisotopic (exact) mass is 310 g/mol. The minimum absolute atomic E-state index is 0.00799. The zero-order valence-electron chi connectivity index (χ0n) is 11.8. The highest BCUT2D eigenvalue weighted by Crippen LogP contribution is 2.22. The van der Waals surface area contributed by atoms with Gasteiger partial charge in [-0.15, -0.1) is 11.3 Å². The number of carbonyl (C=O) groups excluding carboxylic acids is 1. The normalized spacial score (nSPS) is 12.3. The molecule has 20 heavy (non-hydrogen) atoms. The molecule has 0 aliphatic carbocycles. The van der Waals surface area contributed by atoms with Crippen molar-refractivity contribution in [3.8, 4) is 0 Å². The minimum atomic E-state index is 0.00799. The predicted octanol–water partition coefficient (Wildman–Crippen LogP) is 2.54. The van der Waals surface area contributed by atoms with E-state index in [9.17, 15) is 4.79 Å². The average Bonchev–Trinajstić information content (AvgIpc) is 3.02. The zero-order chi connectivity index (χ0) is 14.5. The molecule has 5 nitrogen and oxygen atoms in total. The van der Waals surface area contributed by atoms with Crippen molar-refractivity contribution in [2.24, 2.45) is 7.05 Å². The summed E-state index contributed by atoms with van der Waals surface area (Å²) in [5, 5.41) is 9.17. The van der Waals surface area contributed by atoms with Gasteiger partial charge >= 0.3 is 0 Å². The first kappa shape index (κ1) is 15.1. The third-order valence-electron chi connectivity index (χ3n) is 2.88. The van der Waals surface area contributed by atoms with Crippen LogP contribution in [-0.4, -0.2) is 26.4 Å². The van der Waals surface area contributed by atoms with Crippen LogP contribution in [0, 0.1) is 6.92 Å². The van der Waals surface area contributed by atoms with Gasteiger partial charge in [0.25, 0.3) is 0 Å².